The van der Waals surface area contributed by atoms with Crippen LogP contribution < -0.4 is 10.9 Å². The van der Waals surface area contributed by atoms with Crippen molar-refractivity contribution in [3.8, 4) is 0 Å². The standard InChI is InChI=1S/C5H12N2O/c1-5(2,3)4(6)7-8/h8H,1-3H3,(H2,6,7)/p+1. The van der Waals surface area contributed by atoms with Crippen LogP contribution in [0.15, 0.2) is 0 Å². The van der Waals surface area contributed by atoms with E-state index in [0.29, 0.717) is 5.84 Å². The van der Waals surface area contributed by atoms with Gasteiger partial charge in [0, 0.05) is 0 Å². The first kappa shape index (κ1) is 7.27. The van der Waals surface area contributed by atoms with Gasteiger partial charge in [0.1, 0.15) is 0 Å². The van der Waals surface area contributed by atoms with Crippen LogP contribution >= 0.6 is 0 Å². The monoisotopic (exact) mass is 117 g/mol. The number of nitrogens with two attached hydrogens (primary N) is 1. The lowest BCUT2D eigenvalue weighted by atomic mass is 9.96. The summed E-state index contributed by atoms with van der Waals surface area (Å²) in [5.41, 5.74) is 5.15. The molecule has 0 bridgehead atoms. The van der Waals surface area contributed by atoms with E-state index in [-0.39, 0.29) is 5.41 Å². The normalized spacial score (nSPS) is 14.1. The largest absolute Gasteiger partial charge is 0.357 e. The van der Waals surface area contributed by atoms with Crippen molar-refractivity contribution in [3.05, 3.63) is 0 Å². The molecule has 0 atom stereocenters. The Kier molecular flexibility index (Phi) is 1.84. The highest BCUT2D eigenvalue weighted by Gasteiger charge is 2.20. The van der Waals surface area contributed by atoms with E-state index >= 15 is 0 Å². The summed E-state index contributed by atoms with van der Waals surface area (Å²) in [6.45, 7) is 5.72. The molecule has 0 heterocycles. The van der Waals surface area contributed by atoms with E-state index in [1.165, 1.54) is 0 Å². The van der Waals surface area contributed by atoms with Crippen LogP contribution in [0.4, 0.5) is 0 Å². The van der Waals surface area contributed by atoms with Crippen molar-refractivity contribution in [2.75, 3.05) is 0 Å². The first-order chi connectivity index (χ1) is 3.48. The number of hydrogen-bond donors (Lipinski definition) is 3. The SMILES string of the molecule is CC(C)(C)C(N)=[NH+]O. The number of rotatable bonds is 0. The second-order valence-electron chi connectivity index (χ2n) is 2.78. The zero-order valence-electron chi connectivity index (χ0n) is 5.52. The van der Waals surface area contributed by atoms with Gasteiger partial charge in [0.2, 0.25) is 0 Å². The van der Waals surface area contributed by atoms with Gasteiger partial charge in [-0.3, -0.25) is 5.73 Å². The van der Waals surface area contributed by atoms with Crippen LogP contribution in [0.5, 0.6) is 0 Å². The minimum Gasteiger partial charge on any atom is -0.357 e. The van der Waals surface area contributed by atoms with Crippen LogP contribution in [-0.4, -0.2) is 11.0 Å². The lowest BCUT2D eigenvalue weighted by Gasteiger charge is -2.09. The first-order valence-electron chi connectivity index (χ1n) is 2.51. The second-order valence-corrected chi connectivity index (χ2v) is 2.78. The highest BCUT2D eigenvalue weighted by atomic mass is 16.4. The van der Waals surface area contributed by atoms with Gasteiger partial charge in [0.05, 0.1) is 5.41 Å². The minimum atomic E-state index is -0.158. The summed E-state index contributed by atoms with van der Waals surface area (Å²) < 4.78 is 0. The summed E-state index contributed by atoms with van der Waals surface area (Å²) in [6, 6.07) is 0. The summed E-state index contributed by atoms with van der Waals surface area (Å²) in [7, 11) is 0. The first-order valence-corrected chi connectivity index (χ1v) is 2.51. The molecule has 0 spiro atoms. The molecule has 0 amide bonds. The van der Waals surface area contributed by atoms with E-state index in [4.69, 9.17) is 10.9 Å². The van der Waals surface area contributed by atoms with E-state index in [2.05, 4.69) is 0 Å². The summed E-state index contributed by atoms with van der Waals surface area (Å²) in [4.78, 5) is 0. The quantitative estimate of drug-likeness (QED) is 0.162. The Morgan fingerprint density at radius 1 is 1.50 bits per heavy atom. The smallest absolute Gasteiger partial charge is 0.284 e. The highest BCUT2D eigenvalue weighted by Crippen LogP contribution is 2.08. The number of amidine groups is 1. The summed E-state index contributed by atoms with van der Waals surface area (Å²) in [6.07, 6.45) is 0. The zero-order chi connectivity index (χ0) is 6.78. The summed E-state index contributed by atoms with van der Waals surface area (Å²) >= 11 is 0. The van der Waals surface area contributed by atoms with Gasteiger partial charge in [-0.2, -0.15) is 0 Å². The molecule has 0 aliphatic carbocycles. The molecule has 0 saturated heterocycles. The van der Waals surface area contributed by atoms with Gasteiger partial charge in [-0.25, -0.2) is 0 Å². The van der Waals surface area contributed by atoms with E-state index in [1.54, 1.807) is 0 Å². The summed E-state index contributed by atoms with van der Waals surface area (Å²) in [5.74, 6) is 0.387. The molecular formula is C5H13N2O+. The third kappa shape index (κ3) is 1.82. The molecule has 4 N–H and O–H groups in total. The van der Waals surface area contributed by atoms with Gasteiger partial charge < -0.3 is 5.21 Å². The fourth-order valence-electron chi connectivity index (χ4n) is 0.168. The van der Waals surface area contributed by atoms with Crippen molar-refractivity contribution in [2.45, 2.75) is 20.8 Å². The van der Waals surface area contributed by atoms with Gasteiger partial charge in [0.25, 0.3) is 5.84 Å². The minimum absolute atomic E-state index is 0.158. The van der Waals surface area contributed by atoms with Crippen molar-refractivity contribution in [1.29, 1.82) is 0 Å². The van der Waals surface area contributed by atoms with Crippen molar-refractivity contribution >= 4 is 5.84 Å². The molecule has 0 aliphatic rings. The Balaban J connectivity index is 4.03. The Morgan fingerprint density at radius 2 is 1.88 bits per heavy atom. The zero-order valence-corrected chi connectivity index (χ0v) is 5.52. The molecule has 8 heavy (non-hydrogen) atoms. The number of hydrogen-bond acceptors (Lipinski definition) is 1. The maximum Gasteiger partial charge on any atom is 0.284 e. The summed E-state index contributed by atoms with van der Waals surface area (Å²) in [5, 5.41) is 10.2. The predicted molar refractivity (Wildman–Crippen MR) is 31.4 cm³/mol. The fraction of sp³-hybridized carbons (Fsp3) is 0.800. The Hall–Kier alpha value is -0.730. The van der Waals surface area contributed by atoms with Crippen LogP contribution in [0.2, 0.25) is 0 Å². The van der Waals surface area contributed by atoms with E-state index in [9.17, 15) is 0 Å². The highest BCUT2D eigenvalue weighted by molar-refractivity contribution is 5.79. The molecule has 0 aliphatic heterocycles. The second kappa shape index (κ2) is 2.03. The van der Waals surface area contributed by atoms with Gasteiger partial charge >= 0.3 is 0 Å². The molecule has 0 unspecified atom stereocenters. The predicted octanol–water partition coefficient (Wildman–Crippen LogP) is -1.14. The maximum atomic E-state index is 8.26. The molecule has 0 radical (unpaired) electrons. The molecule has 3 heteroatoms. The maximum absolute atomic E-state index is 8.26. The molecular weight excluding hydrogens is 104 g/mol. The molecule has 0 fully saturated rings. The molecule has 48 valence electrons. The van der Waals surface area contributed by atoms with Crippen molar-refractivity contribution in [2.24, 2.45) is 11.1 Å². The van der Waals surface area contributed by atoms with Crippen molar-refractivity contribution in [1.82, 2.24) is 0 Å². The van der Waals surface area contributed by atoms with Crippen molar-refractivity contribution in [3.63, 3.8) is 0 Å². The Labute approximate surface area is 49.2 Å². The van der Waals surface area contributed by atoms with Gasteiger partial charge in [-0.15, -0.1) is 0 Å². The van der Waals surface area contributed by atoms with Crippen LogP contribution in [-0.2, 0) is 0 Å². The lowest BCUT2D eigenvalue weighted by Crippen LogP contribution is -2.74. The fourth-order valence-corrected chi connectivity index (χ4v) is 0.168. The molecule has 0 aromatic carbocycles. The lowest BCUT2D eigenvalue weighted by molar-refractivity contribution is -0.740. The average molecular weight is 117 g/mol. The number of nitrogens with one attached hydrogen (secondary N) is 1. The van der Waals surface area contributed by atoms with E-state index in [0.717, 1.165) is 0 Å². The molecule has 3 nitrogen and oxygen atoms in total. The third-order valence-corrected chi connectivity index (χ3v) is 0.928. The molecule has 0 saturated carbocycles. The molecule has 0 aromatic rings. The van der Waals surface area contributed by atoms with Crippen molar-refractivity contribution < 1.29 is 10.4 Å². The van der Waals surface area contributed by atoms with Crippen LogP contribution in [0.3, 0.4) is 0 Å². The van der Waals surface area contributed by atoms with Gasteiger partial charge in [-0.1, -0.05) is 5.16 Å². The Morgan fingerprint density at radius 3 is 1.88 bits per heavy atom. The van der Waals surface area contributed by atoms with Gasteiger partial charge in [-0.05, 0) is 20.8 Å². The van der Waals surface area contributed by atoms with E-state index < -0.39 is 0 Å². The average Bonchev–Trinajstić information content (AvgIpc) is 1.62. The van der Waals surface area contributed by atoms with Crippen LogP contribution in [0.25, 0.3) is 0 Å². The van der Waals surface area contributed by atoms with Crippen LogP contribution in [0.1, 0.15) is 20.8 Å². The molecule has 0 aromatic heterocycles. The Bertz CT molecular complexity index is 101. The van der Waals surface area contributed by atoms with Gasteiger partial charge in [0.15, 0.2) is 0 Å². The third-order valence-electron chi connectivity index (χ3n) is 0.928. The molecule has 0 rings (SSSR count). The topological polar surface area (TPSA) is 60.2 Å². The van der Waals surface area contributed by atoms with Crippen LogP contribution in [0, 0.1) is 5.41 Å². The van der Waals surface area contributed by atoms with E-state index in [1.807, 2.05) is 25.9 Å².